The molecule has 16 aromatic carbocycles. The van der Waals surface area contributed by atoms with Crippen LogP contribution in [0, 0.1) is 40.7 Å². The molecular weight excluding hydrogens is 1730 g/mol. The third-order valence-electron chi connectivity index (χ3n) is 18.8. The fraction of sp³-hybridized carbons (Fsp3) is 0.0926. The average Bonchev–Trinajstić information content (AvgIpc) is 1.60. The summed E-state index contributed by atoms with van der Waals surface area (Å²) in [6.07, 6.45) is -1.77. The van der Waals surface area contributed by atoms with E-state index in [1.807, 2.05) is 38.1 Å². The van der Waals surface area contributed by atoms with Crippen molar-refractivity contribution in [2.75, 3.05) is 0 Å². The molecule has 2 unspecified atom stereocenters. The van der Waals surface area contributed by atoms with Crippen molar-refractivity contribution >= 4 is 120 Å². The summed E-state index contributed by atoms with van der Waals surface area (Å²) in [6, 6.07) is 151. The Balaban J connectivity index is 0.000000260. The molecule has 3 N–H and O–H groups in total. The van der Waals surface area contributed by atoms with Gasteiger partial charge in [0, 0.05) is 43.7 Å². The van der Waals surface area contributed by atoms with Crippen LogP contribution in [0.4, 0.5) is 11.4 Å². The number of nitro benzene ring substituents is 2. The zero-order valence-corrected chi connectivity index (χ0v) is 72.7. The SMILES string of the molecule is C.C.C.C.CC(O)c1cc2c(cc1[N+](=O)[O-])C(=O)c1ccccc1-2.Cc1ccc([N+](=O)[O-])c(C(C)O)c1.Cc1ccccc1O[B]O.[C-]#[O+].[Pd].c1ccc(P(c2ccccc2)c2ccccc2)cc1.c1ccc(P(c2ccccc2)c2ccccc2)cc1.c1ccc(P(c2ccccc2)c2ccccc2)cc1.c1ccc(P(c2ccccc2)c2ccccc2)cc1. The molecule has 0 spiro atoms. The normalized spacial score (nSPS) is 10.6. The van der Waals surface area contributed by atoms with Gasteiger partial charge in [0.1, 0.15) is 5.75 Å². The van der Waals surface area contributed by atoms with Crippen LogP contribution in [0.1, 0.15) is 93.9 Å². The first-order chi connectivity index (χ1) is 59.2. The molecule has 17 rings (SSSR count). The van der Waals surface area contributed by atoms with Gasteiger partial charge in [-0.25, -0.2) is 0 Å². The molecule has 0 saturated heterocycles. The van der Waals surface area contributed by atoms with Crippen molar-refractivity contribution < 1.29 is 59.6 Å². The van der Waals surface area contributed by atoms with Gasteiger partial charge in [0.25, 0.3) is 11.4 Å². The standard InChI is InChI=1S/4C18H15P.C15H11NO4.C9H11NO3.C7H8BO2.CO.4CH4.Pd/c4*1-4-10-16(11-5-1)19(17-12-6-2-7-13-17)18-14-8-3-9-15-18;1-8(17)11-6-12-9-4-2-3-5-10(9)15(18)13(12)7-14(11)16(19)20;1-6-3-4-9(10(12)13)8(5-6)7(2)11;1-6-4-2-3-5-7(6)10-8-9;1-2;;;;;/h4*1-15H;2-8,17H,1H3;3-5,7,11H,1-2H3;2-5,9H,1H3;;4*1H4;. The van der Waals surface area contributed by atoms with Crippen molar-refractivity contribution in [3.8, 4) is 16.9 Å². The van der Waals surface area contributed by atoms with Crippen LogP contribution in [-0.4, -0.2) is 38.6 Å². The minimum absolute atomic E-state index is 0. The van der Waals surface area contributed by atoms with E-state index in [1.165, 1.54) is 89.6 Å². The first-order valence-electron chi connectivity index (χ1n) is 38.9. The Morgan fingerprint density at radius 2 is 0.532 bits per heavy atom. The molecular formula is C108H106BN2O10P4Pd. The van der Waals surface area contributed by atoms with E-state index in [-0.39, 0.29) is 72.9 Å². The number of para-hydroxylation sites is 1. The van der Waals surface area contributed by atoms with E-state index in [2.05, 4.69) is 371 Å². The van der Waals surface area contributed by atoms with E-state index in [4.69, 9.17) is 14.3 Å². The van der Waals surface area contributed by atoms with Gasteiger partial charge >= 0.3 is 19.0 Å². The number of hydrogen-bond donors (Lipinski definition) is 3. The molecule has 0 bridgehead atoms. The summed E-state index contributed by atoms with van der Waals surface area (Å²) in [6.45, 7) is 11.2. The molecule has 0 aliphatic heterocycles. The van der Waals surface area contributed by atoms with E-state index >= 15 is 0 Å². The number of fused-ring (bicyclic) bond motifs is 3. The number of benzene rings is 16. The third-order valence-corrected chi connectivity index (χ3v) is 28.6. The Hall–Kier alpha value is -12.1. The predicted octanol–water partition coefficient (Wildman–Crippen LogP) is 22.0. The number of aliphatic hydroxyl groups excluding tert-OH is 2. The first-order valence-corrected chi connectivity index (χ1v) is 44.3. The van der Waals surface area contributed by atoms with Crippen molar-refractivity contribution in [3.63, 3.8) is 0 Å². The number of ketones is 1. The molecule has 0 saturated carbocycles. The van der Waals surface area contributed by atoms with Gasteiger partial charge in [0.2, 0.25) is 0 Å². The number of rotatable bonds is 18. The maximum Gasteiger partial charge on any atom is 0 e. The minimum atomic E-state index is -0.969. The summed E-state index contributed by atoms with van der Waals surface area (Å²) in [5.41, 5.74) is 4.51. The predicted molar refractivity (Wildman–Crippen MR) is 532 cm³/mol. The maximum absolute atomic E-state index is 12.3. The van der Waals surface area contributed by atoms with Gasteiger partial charge in [-0.05, 0) is 158 Å². The Bertz CT molecular complexity index is 4980. The van der Waals surface area contributed by atoms with Gasteiger partial charge in [-0.1, -0.05) is 448 Å². The van der Waals surface area contributed by atoms with E-state index in [0.29, 0.717) is 35.7 Å². The Kier molecular flexibility index (Phi) is 46.4. The number of carbonyl (C=O) groups excluding carboxylic acids is 1. The van der Waals surface area contributed by atoms with Crippen molar-refractivity contribution in [1.29, 1.82) is 0 Å². The molecule has 0 amide bonds. The number of hydrogen-bond acceptors (Lipinski definition) is 9. The quantitative estimate of drug-likeness (QED) is 0.0187. The molecule has 0 heterocycles. The maximum atomic E-state index is 12.3. The second-order valence-electron chi connectivity index (χ2n) is 27.1. The molecule has 126 heavy (non-hydrogen) atoms. The molecule has 2 atom stereocenters. The molecule has 0 fully saturated rings. The number of carbonyl (C=O) groups is 1. The summed E-state index contributed by atoms with van der Waals surface area (Å²) >= 11 is 0. The molecule has 641 valence electrons. The smallest absolute Gasteiger partial charge is 0 e. The van der Waals surface area contributed by atoms with E-state index in [0.717, 1.165) is 16.7 Å². The van der Waals surface area contributed by atoms with E-state index < -0.39 is 53.7 Å². The van der Waals surface area contributed by atoms with Crippen molar-refractivity contribution in [3.05, 3.63) is 503 Å². The first kappa shape index (κ1) is 104. The van der Waals surface area contributed by atoms with Gasteiger partial charge in [0.05, 0.1) is 33.2 Å². The van der Waals surface area contributed by atoms with Crippen LogP contribution in [0.25, 0.3) is 11.1 Å². The summed E-state index contributed by atoms with van der Waals surface area (Å²) < 4.78 is 12.3. The Morgan fingerprint density at radius 1 is 0.310 bits per heavy atom. The van der Waals surface area contributed by atoms with Gasteiger partial charge < -0.3 is 19.9 Å². The van der Waals surface area contributed by atoms with Crippen LogP contribution in [-0.2, 0) is 25.1 Å². The van der Waals surface area contributed by atoms with Gasteiger partial charge in [-0.15, -0.1) is 0 Å². The molecule has 1 aliphatic carbocycles. The molecule has 1 aliphatic rings. The number of nitro groups is 2. The fourth-order valence-electron chi connectivity index (χ4n) is 13.2. The van der Waals surface area contributed by atoms with Gasteiger partial charge in [0.15, 0.2) is 5.78 Å². The van der Waals surface area contributed by atoms with Crippen molar-refractivity contribution in [2.45, 2.75) is 69.6 Å². The summed E-state index contributed by atoms with van der Waals surface area (Å²) in [5, 5.41) is 65.7. The second kappa shape index (κ2) is 56.0. The average molecular weight is 1830 g/mol. The summed E-state index contributed by atoms with van der Waals surface area (Å²) in [7, 11) is -1.10. The molecule has 18 heteroatoms. The fourth-order valence-corrected chi connectivity index (χ4v) is 22.4. The number of nitrogens with zero attached hydrogens (tertiary/aromatic N) is 2. The van der Waals surface area contributed by atoms with Crippen LogP contribution in [0.15, 0.2) is 443 Å². The minimum Gasteiger partial charge on any atom is -0.0622 e. The third kappa shape index (κ3) is 30.1. The van der Waals surface area contributed by atoms with E-state index in [9.17, 15) is 35.2 Å². The van der Waals surface area contributed by atoms with E-state index in [1.54, 1.807) is 42.5 Å². The van der Waals surface area contributed by atoms with Crippen LogP contribution >= 0.6 is 31.7 Å². The zero-order valence-electron chi connectivity index (χ0n) is 67.6. The zero-order chi connectivity index (χ0) is 85.5. The largest absolute Gasteiger partial charge is 0.0622 e. The molecule has 1 radical (unpaired) electrons. The van der Waals surface area contributed by atoms with Crippen LogP contribution < -0.4 is 68.3 Å². The van der Waals surface area contributed by atoms with Crippen molar-refractivity contribution in [1.82, 2.24) is 0 Å². The number of aryl methyl sites for hydroxylation is 2. The number of aliphatic hydroxyl groups is 2. The van der Waals surface area contributed by atoms with Crippen LogP contribution in [0.2, 0.25) is 0 Å². The summed E-state index contributed by atoms with van der Waals surface area (Å²) in [4.78, 5) is 32.8. The molecule has 16 aromatic rings. The Morgan fingerprint density at radius 3 is 0.762 bits per heavy atom. The Labute approximate surface area is 763 Å². The second-order valence-corrected chi connectivity index (χ2v) is 36.0. The van der Waals surface area contributed by atoms with Crippen LogP contribution in [0.5, 0.6) is 5.75 Å². The molecule has 12 nitrogen and oxygen atoms in total. The van der Waals surface area contributed by atoms with Gasteiger partial charge in [-0.3, -0.25) is 25.0 Å². The van der Waals surface area contributed by atoms with Crippen LogP contribution in [0.3, 0.4) is 0 Å². The summed E-state index contributed by atoms with van der Waals surface area (Å²) in [5.74, 6) is 0.473. The molecule has 0 aromatic heterocycles. The van der Waals surface area contributed by atoms with Gasteiger partial charge in [-0.2, -0.15) is 0 Å². The van der Waals surface area contributed by atoms with Crippen molar-refractivity contribution in [2.24, 2.45) is 0 Å². The topological polar surface area (TPSA) is 193 Å². The monoisotopic (exact) mass is 1830 g/mol.